The molecule has 0 radical (unpaired) electrons. The number of benzene rings is 1. The fraction of sp³-hybridized carbons (Fsp3) is 0.214. The second-order valence-corrected chi connectivity index (χ2v) is 5.13. The highest BCUT2D eigenvalue weighted by molar-refractivity contribution is 7.80. The van der Waals surface area contributed by atoms with E-state index in [4.69, 9.17) is 18.0 Å². The summed E-state index contributed by atoms with van der Waals surface area (Å²) in [5, 5.41) is 8.21. The van der Waals surface area contributed by atoms with E-state index in [0.717, 1.165) is 30.2 Å². The third-order valence-corrected chi connectivity index (χ3v) is 3.69. The molecule has 20 heavy (non-hydrogen) atoms. The fourth-order valence-electron chi connectivity index (χ4n) is 2.44. The first-order valence-corrected chi connectivity index (χ1v) is 6.78. The van der Waals surface area contributed by atoms with Gasteiger partial charge in [0, 0.05) is 20.1 Å². The van der Waals surface area contributed by atoms with Crippen LogP contribution in [0.3, 0.4) is 0 Å². The number of anilines is 3. The average molecular weight is 285 g/mol. The van der Waals surface area contributed by atoms with Crippen LogP contribution < -0.4 is 15.5 Å². The van der Waals surface area contributed by atoms with Crippen LogP contribution in [0.5, 0.6) is 0 Å². The second-order valence-electron chi connectivity index (χ2n) is 4.69. The number of likely N-dealkylation sites (N-methyl/N-ethyl adjacent to an activating group) is 1. The van der Waals surface area contributed by atoms with Gasteiger partial charge in [-0.05, 0) is 18.2 Å². The molecule has 1 aliphatic heterocycles. The van der Waals surface area contributed by atoms with E-state index in [1.807, 2.05) is 18.2 Å². The Bertz CT molecular complexity index is 658. The molecule has 0 bridgehead atoms. The lowest BCUT2D eigenvalue weighted by Crippen LogP contribution is -2.37. The molecule has 0 saturated heterocycles. The minimum Gasteiger partial charge on any atom is -0.389 e. The maximum atomic E-state index is 5.80. The fourth-order valence-corrected chi connectivity index (χ4v) is 2.60. The zero-order valence-electron chi connectivity index (χ0n) is 11.2. The van der Waals surface area contributed by atoms with Gasteiger partial charge in [-0.1, -0.05) is 24.4 Å². The van der Waals surface area contributed by atoms with E-state index in [1.165, 1.54) is 5.69 Å². The van der Waals surface area contributed by atoms with Crippen LogP contribution >= 0.6 is 12.2 Å². The molecule has 102 valence electrons. The van der Waals surface area contributed by atoms with Gasteiger partial charge in [-0.3, -0.25) is 0 Å². The molecular formula is C14H15N5S. The van der Waals surface area contributed by atoms with Gasteiger partial charge >= 0.3 is 0 Å². The number of hydrogen-bond donors (Lipinski definition) is 1. The highest BCUT2D eigenvalue weighted by Crippen LogP contribution is 2.36. The lowest BCUT2D eigenvalue weighted by Gasteiger charge is -2.36. The number of nitrogens with zero attached hydrogens (tertiary/aromatic N) is 4. The third-order valence-electron chi connectivity index (χ3n) is 3.47. The normalized spacial score (nSPS) is 14.1. The average Bonchev–Trinajstić information content (AvgIpc) is 2.48. The van der Waals surface area contributed by atoms with Crippen LogP contribution in [0.15, 0.2) is 36.5 Å². The summed E-state index contributed by atoms with van der Waals surface area (Å²) in [6.07, 6.45) is 1.61. The van der Waals surface area contributed by atoms with Crippen LogP contribution in [0, 0.1) is 0 Å². The van der Waals surface area contributed by atoms with Gasteiger partial charge in [-0.2, -0.15) is 5.10 Å². The summed E-state index contributed by atoms with van der Waals surface area (Å²) in [7, 11) is 2.08. The van der Waals surface area contributed by atoms with E-state index in [2.05, 4.69) is 39.2 Å². The highest BCUT2D eigenvalue weighted by Gasteiger charge is 2.24. The van der Waals surface area contributed by atoms with Gasteiger partial charge in [-0.25, -0.2) is 0 Å². The number of fused-ring (bicyclic) bond motifs is 1. The van der Waals surface area contributed by atoms with Gasteiger partial charge in [0.1, 0.15) is 4.99 Å². The number of para-hydroxylation sites is 2. The molecule has 6 heteroatoms. The highest BCUT2D eigenvalue weighted by atomic mass is 32.1. The summed E-state index contributed by atoms with van der Waals surface area (Å²) in [5.41, 5.74) is 8.82. The Balaban J connectivity index is 2.13. The topological polar surface area (TPSA) is 58.3 Å². The zero-order chi connectivity index (χ0) is 14.1. The van der Waals surface area contributed by atoms with E-state index in [1.54, 1.807) is 6.20 Å². The minimum atomic E-state index is 0.339. The molecule has 0 saturated carbocycles. The minimum absolute atomic E-state index is 0.339. The van der Waals surface area contributed by atoms with E-state index < -0.39 is 0 Å². The van der Waals surface area contributed by atoms with Crippen molar-refractivity contribution in [3.63, 3.8) is 0 Å². The molecule has 3 rings (SSSR count). The van der Waals surface area contributed by atoms with Crippen molar-refractivity contribution in [3.05, 3.63) is 42.1 Å². The predicted octanol–water partition coefficient (Wildman–Crippen LogP) is 1.70. The van der Waals surface area contributed by atoms with Crippen molar-refractivity contribution >= 4 is 34.4 Å². The Hall–Kier alpha value is -2.21. The van der Waals surface area contributed by atoms with E-state index >= 15 is 0 Å². The molecule has 1 aromatic heterocycles. The van der Waals surface area contributed by atoms with Gasteiger partial charge in [0.2, 0.25) is 0 Å². The van der Waals surface area contributed by atoms with Crippen molar-refractivity contribution in [2.24, 2.45) is 5.73 Å². The molecule has 0 unspecified atom stereocenters. The molecule has 0 fully saturated rings. The quantitative estimate of drug-likeness (QED) is 0.848. The van der Waals surface area contributed by atoms with E-state index in [-0.39, 0.29) is 0 Å². The summed E-state index contributed by atoms with van der Waals surface area (Å²) in [6.45, 7) is 1.73. The molecule has 2 N–H and O–H groups in total. The largest absolute Gasteiger partial charge is 0.389 e. The van der Waals surface area contributed by atoms with Crippen LogP contribution in [0.1, 0.15) is 5.56 Å². The van der Waals surface area contributed by atoms with Gasteiger partial charge < -0.3 is 15.5 Å². The van der Waals surface area contributed by atoms with Gasteiger partial charge in [0.15, 0.2) is 5.82 Å². The smallest absolute Gasteiger partial charge is 0.166 e. The third kappa shape index (κ3) is 2.08. The van der Waals surface area contributed by atoms with Crippen LogP contribution in [-0.4, -0.2) is 35.3 Å². The van der Waals surface area contributed by atoms with Crippen LogP contribution in [0.4, 0.5) is 17.2 Å². The van der Waals surface area contributed by atoms with Crippen LogP contribution in [0.2, 0.25) is 0 Å². The molecule has 0 atom stereocenters. The number of aromatic nitrogens is 2. The monoisotopic (exact) mass is 285 g/mol. The Labute approximate surface area is 123 Å². The van der Waals surface area contributed by atoms with Gasteiger partial charge in [0.05, 0.1) is 23.1 Å². The Morgan fingerprint density at radius 1 is 1.20 bits per heavy atom. The van der Waals surface area contributed by atoms with Crippen molar-refractivity contribution in [3.8, 4) is 0 Å². The molecule has 0 amide bonds. The predicted molar refractivity (Wildman–Crippen MR) is 84.6 cm³/mol. The summed E-state index contributed by atoms with van der Waals surface area (Å²) < 4.78 is 0. The Morgan fingerprint density at radius 2 is 1.95 bits per heavy atom. The number of thiocarbonyl (C=S) groups is 1. The van der Waals surface area contributed by atoms with Crippen molar-refractivity contribution in [1.82, 2.24) is 10.2 Å². The summed E-state index contributed by atoms with van der Waals surface area (Å²) in [4.78, 5) is 4.69. The van der Waals surface area contributed by atoms with E-state index in [9.17, 15) is 0 Å². The molecule has 1 aromatic carbocycles. The van der Waals surface area contributed by atoms with E-state index in [0.29, 0.717) is 4.99 Å². The lowest BCUT2D eigenvalue weighted by molar-refractivity contribution is 0.803. The molecule has 0 aliphatic carbocycles. The van der Waals surface area contributed by atoms with Crippen LogP contribution in [0.25, 0.3) is 0 Å². The number of rotatable bonds is 2. The molecule has 5 nitrogen and oxygen atoms in total. The summed E-state index contributed by atoms with van der Waals surface area (Å²) in [6, 6.07) is 10.0. The van der Waals surface area contributed by atoms with Crippen molar-refractivity contribution in [2.45, 2.75) is 0 Å². The number of nitrogens with two attached hydrogens (primary N) is 1. The first-order valence-electron chi connectivity index (χ1n) is 6.37. The SMILES string of the molecule is CN1CCN(c2nnccc2C(N)=S)c2ccccc21. The van der Waals surface area contributed by atoms with Crippen LogP contribution in [-0.2, 0) is 0 Å². The van der Waals surface area contributed by atoms with Gasteiger partial charge in [0.25, 0.3) is 0 Å². The standard InChI is InChI=1S/C14H15N5S/c1-18-8-9-19(12-5-3-2-4-11(12)18)14-10(13(15)20)6-7-16-17-14/h2-7H,8-9H2,1H3,(H2,15,20). The second kappa shape index (κ2) is 5.05. The Morgan fingerprint density at radius 3 is 2.70 bits per heavy atom. The van der Waals surface area contributed by atoms with Crippen molar-refractivity contribution in [2.75, 3.05) is 29.9 Å². The van der Waals surface area contributed by atoms with Gasteiger partial charge in [-0.15, -0.1) is 5.10 Å². The molecule has 1 aliphatic rings. The molecule has 2 heterocycles. The summed E-state index contributed by atoms with van der Waals surface area (Å²) >= 11 is 5.11. The summed E-state index contributed by atoms with van der Waals surface area (Å²) in [5.74, 6) is 0.723. The maximum absolute atomic E-state index is 5.80. The maximum Gasteiger partial charge on any atom is 0.166 e. The number of hydrogen-bond acceptors (Lipinski definition) is 5. The van der Waals surface area contributed by atoms with Crippen molar-refractivity contribution < 1.29 is 0 Å². The zero-order valence-corrected chi connectivity index (χ0v) is 12.0. The Kier molecular flexibility index (Phi) is 3.23. The molecule has 0 spiro atoms. The first kappa shape index (κ1) is 12.8. The van der Waals surface area contributed by atoms with Crippen molar-refractivity contribution in [1.29, 1.82) is 0 Å². The first-order chi connectivity index (χ1) is 9.68. The lowest BCUT2D eigenvalue weighted by atomic mass is 10.1. The molecular weight excluding hydrogens is 270 g/mol. The molecule has 2 aromatic rings.